The number of carbonyl (C=O) groups is 1. The van der Waals surface area contributed by atoms with Gasteiger partial charge in [-0.3, -0.25) is 4.79 Å². The van der Waals surface area contributed by atoms with E-state index in [4.69, 9.17) is 5.11 Å². The van der Waals surface area contributed by atoms with E-state index in [2.05, 4.69) is 23.8 Å². The first-order valence-electron chi connectivity index (χ1n) is 5.32. The molecule has 1 aliphatic rings. The van der Waals surface area contributed by atoms with Crippen LogP contribution >= 0.6 is 0 Å². The molecule has 0 aromatic carbocycles. The van der Waals surface area contributed by atoms with Crippen LogP contribution in [-0.4, -0.2) is 21.0 Å². The number of carboxylic acid groups (broad SMARTS) is 1. The van der Waals surface area contributed by atoms with E-state index in [-0.39, 0.29) is 0 Å². The van der Waals surface area contributed by atoms with E-state index in [1.807, 2.05) is 0 Å². The molecule has 4 heteroatoms. The minimum absolute atomic E-state index is 0.554. The topological polar surface area (TPSA) is 66.0 Å². The quantitative estimate of drug-likeness (QED) is 0.791. The zero-order valence-corrected chi connectivity index (χ0v) is 9.08. The molecule has 0 spiro atoms. The first kappa shape index (κ1) is 10.2. The molecule has 1 saturated carbocycles. The van der Waals surface area contributed by atoms with E-state index >= 15 is 0 Å². The van der Waals surface area contributed by atoms with E-state index in [9.17, 15) is 4.79 Å². The molecule has 82 valence electrons. The molecule has 1 aliphatic carbocycles. The highest BCUT2D eigenvalue weighted by Gasteiger charge is 2.54. The van der Waals surface area contributed by atoms with E-state index in [0.717, 1.165) is 12.1 Å². The molecule has 15 heavy (non-hydrogen) atoms. The summed E-state index contributed by atoms with van der Waals surface area (Å²) in [5.41, 5.74) is 0.336. The van der Waals surface area contributed by atoms with Gasteiger partial charge in [0.1, 0.15) is 11.2 Å². The van der Waals surface area contributed by atoms with Gasteiger partial charge in [0.15, 0.2) is 0 Å². The summed E-state index contributed by atoms with van der Waals surface area (Å²) >= 11 is 0. The number of rotatable bonds is 4. The fourth-order valence-corrected chi connectivity index (χ4v) is 1.82. The Kier molecular flexibility index (Phi) is 2.29. The molecule has 0 radical (unpaired) electrons. The number of carboxylic acids is 1. The standard InChI is InChI=1S/C11H16N2O2/c1-7(2)5-8-6-12-9(13-8)11(3-4-11)10(14)15/h6-7H,3-5H2,1-2H3,(H,12,13)(H,14,15). The summed E-state index contributed by atoms with van der Waals surface area (Å²) in [5, 5.41) is 9.09. The number of H-pyrrole nitrogens is 1. The zero-order valence-electron chi connectivity index (χ0n) is 9.08. The highest BCUT2D eigenvalue weighted by molar-refractivity contribution is 5.83. The van der Waals surface area contributed by atoms with Crippen LogP contribution in [0.4, 0.5) is 0 Å². The number of aromatic nitrogens is 2. The summed E-state index contributed by atoms with van der Waals surface area (Å²) in [6.45, 7) is 4.26. The van der Waals surface area contributed by atoms with Crippen LogP contribution in [0.1, 0.15) is 38.2 Å². The Morgan fingerprint density at radius 2 is 2.33 bits per heavy atom. The number of aliphatic carboxylic acids is 1. The van der Waals surface area contributed by atoms with Gasteiger partial charge in [0.25, 0.3) is 0 Å². The van der Waals surface area contributed by atoms with E-state index in [0.29, 0.717) is 24.6 Å². The van der Waals surface area contributed by atoms with E-state index in [1.54, 1.807) is 6.20 Å². The van der Waals surface area contributed by atoms with Gasteiger partial charge in [-0.1, -0.05) is 13.8 Å². The van der Waals surface area contributed by atoms with Crippen molar-refractivity contribution in [2.75, 3.05) is 0 Å². The minimum atomic E-state index is -0.757. The Morgan fingerprint density at radius 3 is 2.80 bits per heavy atom. The normalized spacial score (nSPS) is 18.1. The highest BCUT2D eigenvalue weighted by atomic mass is 16.4. The van der Waals surface area contributed by atoms with Gasteiger partial charge in [0.05, 0.1) is 0 Å². The molecular formula is C11H16N2O2. The molecular weight excluding hydrogens is 192 g/mol. The van der Waals surface area contributed by atoms with Gasteiger partial charge in [-0.25, -0.2) is 4.98 Å². The van der Waals surface area contributed by atoms with Gasteiger partial charge in [0.2, 0.25) is 0 Å². The van der Waals surface area contributed by atoms with Crippen molar-refractivity contribution >= 4 is 5.97 Å². The molecule has 0 unspecified atom stereocenters. The summed E-state index contributed by atoms with van der Waals surface area (Å²) < 4.78 is 0. The van der Waals surface area contributed by atoms with E-state index < -0.39 is 11.4 Å². The fourth-order valence-electron chi connectivity index (χ4n) is 1.82. The first-order valence-corrected chi connectivity index (χ1v) is 5.32. The van der Waals surface area contributed by atoms with Crippen molar-refractivity contribution < 1.29 is 9.90 Å². The molecule has 0 aliphatic heterocycles. The predicted octanol–water partition coefficient (Wildman–Crippen LogP) is 1.72. The predicted molar refractivity (Wildman–Crippen MR) is 55.7 cm³/mol. The van der Waals surface area contributed by atoms with Crippen LogP contribution in [0.3, 0.4) is 0 Å². The molecule has 0 atom stereocenters. The lowest BCUT2D eigenvalue weighted by molar-refractivity contribution is -0.140. The average Bonchev–Trinajstić information content (AvgIpc) is 2.83. The molecule has 0 amide bonds. The average molecular weight is 208 g/mol. The second-order valence-electron chi connectivity index (χ2n) is 4.74. The van der Waals surface area contributed by atoms with Crippen LogP contribution in [-0.2, 0) is 16.6 Å². The first-order chi connectivity index (χ1) is 7.04. The Labute approximate surface area is 88.7 Å². The Balaban J connectivity index is 2.17. The van der Waals surface area contributed by atoms with Crippen LogP contribution in [0.15, 0.2) is 6.20 Å². The van der Waals surface area contributed by atoms with E-state index in [1.165, 1.54) is 0 Å². The molecule has 2 N–H and O–H groups in total. The third-order valence-electron chi connectivity index (χ3n) is 2.87. The summed E-state index contributed by atoms with van der Waals surface area (Å²) in [5.74, 6) is 0.428. The van der Waals surface area contributed by atoms with Gasteiger partial charge in [-0.05, 0) is 25.2 Å². The van der Waals surface area contributed by atoms with Gasteiger partial charge in [-0.15, -0.1) is 0 Å². The summed E-state index contributed by atoms with van der Waals surface area (Å²) in [7, 11) is 0. The molecule has 2 rings (SSSR count). The van der Waals surface area contributed by atoms with Crippen molar-refractivity contribution in [3.63, 3.8) is 0 Å². The summed E-state index contributed by atoms with van der Waals surface area (Å²) in [4.78, 5) is 18.4. The van der Waals surface area contributed by atoms with Crippen molar-refractivity contribution in [3.8, 4) is 0 Å². The smallest absolute Gasteiger partial charge is 0.317 e. The van der Waals surface area contributed by atoms with Crippen molar-refractivity contribution in [1.29, 1.82) is 0 Å². The number of aromatic amines is 1. The number of nitrogens with zero attached hydrogens (tertiary/aromatic N) is 1. The molecule has 4 nitrogen and oxygen atoms in total. The second-order valence-corrected chi connectivity index (χ2v) is 4.74. The third kappa shape index (κ3) is 1.76. The molecule has 1 fully saturated rings. The maximum absolute atomic E-state index is 11.1. The number of nitrogens with one attached hydrogen (secondary N) is 1. The van der Waals surface area contributed by atoms with Crippen LogP contribution < -0.4 is 0 Å². The van der Waals surface area contributed by atoms with Crippen LogP contribution in [0.5, 0.6) is 0 Å². The highest BCUT2D eigenvalue weighted by Crippen LogP contribution is 2.46. The van der Waals surface area contributed by atoms with Gasteiger partial charge < -0.3 is 10.1 Å². The minimum Gasteiger partial charge on any atom is -0.480 e. The monoisotopic (exact) mass is 208 g/mol. The maximum Gasteiger partial charge on any atom is 0.317 e. The largest absolute Gasteiger partial charge is 0.480 e. The summed E-state index contributed by atoms with van der Waals surface area (Å²) in [6.07, 6.45) is 4.09. The molecule has 1 aromatic rings. The van der Waals surface area contributed by atoms with Crippen LogP contribution in [0.25, 0.3) is 0 Å². The van der Waals surface area contributed by atoms with Gasteiger partial charge >= 0.3 is 5.97 Å². The second kappa shape index (κ2) is 3.36. The number of hydrogen-bond acceptors (Lipinski definition) is 2. The van der Waals surface area contributed by atoms with Crippen molar-refractivity contribution in [3.05, 3.63) is 17.7 Å². The third-order valence-corrected chi connectivity index (χ3v) is 2.87. The Hall–Kier alpha value is -1.32. The zero-order chi connectivity index (χ0) is 11.1. The van der Waals surface area contributed by atoms with Crippen molar-refractivity contribution in [1.82, 2.24) is 9.97 Å². The van der Waals surface area contributed by atoms with Crippen LogP contribution in [0.2, 0.25) is 0 Å². The van der Waals surface area contributed by atoms with Crippen LogP contribution in [0, 0.1) is 5.92 Å². The molecule has 1 heterocycles. The lowest BCUT2D eigenvalue weighted by Gasteiger charge is -2.05. The molecule has 1 aromatic heterocycles. The fraction of sp³-hybridized carbons (Fsp3) is 0.636. The van der Waals surface area contributed by atoms with Gasteiger partial charge in [0, 0.05) is 11.9 Å². The molecule has 0 bridgehead atoms. The van der Waals surface area contributed by atoms with Crippen molar-refractivity contribution in [2.24, 2.45) is 5.92 Å². The SMILES string of the molecule is CC(C)Cc1cnc(C2(C(=O)O)CC2)[nH]1. The van der Waals surface area contributed by atoms with Gasteiger partial charge in [-0.2, -0.15) is 0 Å². The Bertz CT molecular complexity index is 378. The lowest BCUT2D eigenvalue weighted by Crippen LogP contribution is -2.21. The van der Waals surface area contributed by atoms with Crippen molar-refractivity contribution in [2.45, 2.75) is 38.5 Å². The molecule has 0 saturated heterocycles. The number of hydrogen-bond donors (Lipinski definition) is 2. The maximum atomic E-state index is 11.1. The Morgan fingerprint density at radius 1 is 1.67 bits per heavy atom. The number of imidazole rings is 1. The summed E-state index contributed by atoms with van der Waals surface area (Å²) in [6, 6.07) is 0. The lowest BCUT2D eigenvalue weighted by atomic mass is 10.1.